The summed E-state index contributed by atoms with van der Waals surface area (Å²) in [5.41, 5.74) is -3.35. The number of carbonyl (C=O) groups is 5. The Bertz CT molecular complexity index is 2010. The highest BCUT2D eigenvalue weighted by atomic mass is 19.1. The highest BCUT2D eigenvalue weighted by molar-refractivity contribution is 6.08. The first-order chi connectivity index (χ1) is 25.9. The lowest BCUT2D eigenvalue weighted by Crippen LogP contribution is -2.55. The fourth-order valence-corrected chi connectivity index (χ4v) is 6.82. The van der Waals surface area contributed by atoms with Crippen LogP contribution < -0.4 is 9.64 Å². The number of piperazine rings is 1. The molecular weight excluding hydrogens is 715 g/mol. The molecule has 15 nitrogen and oxygen atoms in total. The molecule has 16 heteroatoms. The number of furan rings is 1. The average Bonchev–Trinajstić information content (AvgIpc) is 3.77. The number of anilines is 1. The molecule has 296 valence electrons. The van der Waals surface area contributed by atoms with Gasteiger partial charge in [-0.15, -0.1) is 0 Å². The quantitative estimate of drug-likeness (QED) is 0.196. The van der Waals surface area contributed by atoms with Gasteiger partial charge in [0.05, 0.1) is 29.5 Å². The van der Waals surface area contributed by atoms with Gasteiger partial charge >= 0.3 is 18.0 Å². The first-order valence-corrected chi connectivity index (χ1v) is 18.5. The Morgan fingerprint density at radius 3 is 2.18 bits per heavy atom. The van der Waals surface area contributed by atoms with Crippen LogP contribution in [0.5, 0.6) is 5.75 Å². The number of amides is 4. The van der Waals surface area contributed by atoms with Crippen LogP contribution in [0, 0.1) is 16.6 Å². The summed E-state index contributed by atoms with van der Waals surface area (Å²) in [5.74, 6) is -3.36. The van der Waals surface area contributed by atoms with Gasteiger partial charge in [0.25, 0.3) is 11.8 Å². The van der Waals surface area contributed by atoms with Crippen LogP contribution in [0.25, 0.3) is 11.1 Å². The van der Waals surface area contributed by atoms with E-state index in [1.54, 1.807) is 60.6 Å². The summed E-state index contributed by atoms with van der Waals surface area (Å²) < 4.78 is 38.6. The molecule has 2 aromatic heterocycles. The number of hydrogen-bond acceptors (Lipinski definition) is 12. The first-order valence-electron chi connectivity index (χ1n) is 18.5. The third-order valence-electron chi connectivity index (χ3n) is 10.1. The number of imide groups is 1. The molecule has 0 saturated carbocycles. The Balaban J connectivity index is 1.46. The molecule has 0 radical (unpaired) electrons. The van der Waals surface area contributed by atoms with Crippen molar-refractivity contribution in [3.05, 3.63) is 53.0 Å². The second kappa shape index (κ2) is 14.8. The van der Waals surface area contributed by atoms with Crippen LogP contribution in [0.4, 0.5) is 15.0 Å². The number of esters is 2. The highest BCUT2D eigenvalue weighted by Crippen LogP contribution is 2.43. The van der Waals surface area contributed by atoms with Crippen LogP contribution in [-0.2, 0) is 35.9 Å². The van der Waals surface area contributed by atoms with Crippen molar-refractivity contribution in [3.63, 3.8) is 0 Å². The SMILES string of the molecule is CCOc1ccc2c(c1F)C(=O)N(C[C@]1(c3cc4nc(N5CCN(CC)CC5)ccc4o3)C(=O)N(COC(=O)C(C)(C)C)C(=O)N1COC(=O)C(C)(C)C)C2. The minimum Gasteiger partial charge on any atom is -0.491 e. The molecule has 55 heavy (non-hydrogen) atoms. The summed E-state index contributed by atoms with van der Waals surface area (Å²) in [6.45, 7) is 15.7. The van der Waals surface area contributed by atoms with E-state index >= 15 is 4.39 Å². The monoisotopic (exact) mass is 764 g/mol. The van der Waals surface area contributed by atoms with Crippen molar-refractivity contribution in [2.75, 3.05) is 64.2 Å². The van der Waals surface area contributed by atoms with Crippen molar-refractivity contribution in [1.29, 1.82) is 0 Å². The van der Waals surface area contributed by atoms with Gasteiger partial charge in [0.1, 0.15) is 17.1 Å². The van der Waals surface area contributed by atoms with Gasteiger partial charge < -0.3 is 33.3 Å². The van der Waals surface area contributed by atoms with Crippen LogP contribution in [-0.4, -0.2) is 114 Å². The zero-order chi connectivity index (χ0) is 40.0. The number of aromatic nitrogens is 1. The maximum Gasteiger partial charge on any atom is 0.333 e. The Morgan fingerprint density at radius 2 is 1.56 bits per heavy atom. The van der Waals surface area contributed by atoms with Crippen LogP contribution in [0.2, 0.25) is 0 Å². The maximum atomic E-state index is 15.7. The molecule has 0 N–H and O–H groups in total. The number of hydrogen-bond donors (Lipinski definition) is 0. The molecule has 1 atom stereocenters. The third-order valence-corrected chi connectivity index (χ3v) is 10.1. The van der Waals surface area contributed by atoms with Crippen LogP contribution >= 0.6 is 0 Å². The summed E-state index contributed by atoms with van der Waals surface area (Å²) in [5, 5.41) is 0. The summed E-state index contributed by atoms with van der Waals surface area (Å²) in [6.07, 6.45) is 0. The van der Waals surface area contributed by atoms with Gasteiger partial charge in [-0.1, -0.05) is 13.0 Å². The fraction of sp³-hybridized carbons (Fsp3) is 0.538. The van der Waals surface area contributed by atoms with E-state index < -0.39 is 72.0 Å². The fourth-order valence-electron chi connectivity index (χ4n) is 6.82. The standard InChI is InChI=1S/C39H49FN6O9/c1-9-42-15-17-43(18-16-42)29-14-13-26-25(41-29)19-28(55-26)39(21-44-20-24-11-12-27(52-10-2)31(40)30(24)32(44)47)33(48)45(22-53-34(49)37(3,4)5)36(51)46(39)23-54-35(50)38(6,7)8/h11-14,19H,9-10,15-18,20-23H2,1-8H3/t39-/m0/s1. The number of carbonyl (C=O) groups excluding carboxylic acids is 5. The van der Waals surface area contributed by atoms with Crippen molar-refractivity contribution >= 4 is 46.7 Å². The van der Waals surface area contributed by atoms with Crippen molar-refractivity contribution < 1.29 is 47.0 Å². The Hall–Kier alpha value is -5.25. The van der Waals surface area contributed by atoms with Crippen LogP contribution in [0.3, 0.4) is 0 Å². The zero-order valence-corrected chi connectivity index (χ0v) is 32.7. The number of urea groups is 1. The minimum atomic E-state index is -2.19. The van der Waals surface area contributed by atoms with Crippen molar-refractivity contribution in [1.82, 2.24) is 24.6 Å². The lowest BCUT2D eigenvalue weighted by atomic mass is 9.93. The Kier molecular flexibility index (Phi) is 10.6. The number of benzene rings is 1. The summed E-state index contributed by atoms with van der Waals surface area (Å²) in [4.78, 5) is 81.7. The lowest BCUT2D eigenvalue weighted by molar-refractivity contribution is -0.161. The van der Waals surface area contributed by atoms with E-state index in [2.05, 4.69) is 16.7 Å². The topological polar surface area (TPSA) is 155 Å². The maximum absolute atomic E-state index is 15.7. The number of fused-ring (bicyclic) bond motifs is 2. The molecule has 0 spiro atoms. The summed E-state index contributed by atoms with van der Waals surface area (Å²) >= 11 is 0. The highest BCUT2D eigenvalue weighted by Gasteiger charge is 2.63. The van der Waals surface area contributed by atoms with E-state index in [9.17, 15) is 24.0 Å². The van der Waals surface area contributed by atoms with Crippen molar-refractivity contribution in [2.24, 2.45) is 10.8 Å². The van der Waals surface area contributed by atoms with Gasteiger partial charge in [-0.25, -0.2) is 19.1 Å². The van der Waals surface area contributed by atoms with E-state index in [1.165, 1.54) is 17.0 Å². The number of halogens is 1. The molecular formula is C39H49FN6O9. The molecule has 3 aliphatic rings. The lowest BCUT2D eigenvalue weighted by Gasteiger charge is -2.36. The van der Waals surface area contributed by atoms with Gasteiger partial charge in [0.15, 0.2) is 30.6 Å². The largest absolute Gasteiger partial charge is 0.491 e. The van der Waals surface area contributed by atoms with E-state index in [0.29, 0.717) is 22.5 Å². The molecule has 4 amide bonds. The Labute approximate surface area is 319 Å². The zero-order valence-electron chi connectivity index (χ0n) is 32.7. The second-order valence-electron chi connectivity index (χ2n) is 16.0. The molecule has 3 aliphatic heterocycles. The third kappa shape index (κ3) is 7.31. The van der Waals surface area contributed by atoms with Gasteiger partial charge in [-0.3, -0.25) is 24.1 Å². The number of likely N-dealkylation sites (N-methyl/N-ethyl adjacent to an activating group) is 1. The molecule has 5 heterocycles. The number of rotatable bonds is 11. The van der Waals surface area contributed by atoms with E-state index in [1.807, 2.05) is 6.07 Å². The predicted molar refractivity (Wildman–Crippen MR) is 197 cm³/mol. The molecule has 6 rings (SSSR count). The molecule has 2 fully saturated rings. The number of ether oxygens (including phenoxy) is 3. The normalized spacial score (nSPS) is 19.5. The average molecular weight is 765 g/mol. The van der Waals surface area contributed by atoms with E-state index in [0.717, 1.165) is 42.5 Å². The van der Waals surface area contributed by atoms with E-state index in [4.69, 9.17) is 23.6 Å². The molecule has 1 aromatic carbocycles. The minimum absolute atomic E-state index is 0.0861. The second-order valence-corrected chi connectivity index (χ2v) is 16.0. The van der Waals surface area contributed by atoms with Crippen LogP contribution in [0.15, 0.2) is 34.7 Å². The van der Waals surface area contributed by atoms with Crippen molar-refractivity contribution in [2.45, 2.75) is 67.5 Å². The first kappa shape index (κ1) is 39.4. The van der Waals surface area contributed by atoms with Gasteiger partial charge in [-0.05, 0) is 78.8 Å². The van der Waals surface area contributed by atoms with Gasteiger partial charge in [0, 0.05) is 38.8 Å². The Morgan fingerprint density at radius 1 is 0.909 bits per heavy atom. The van der Waals surface area contributed by atoms with Gasteiger partial charge in [-0.2, -0.15) is 0 Å². The number of nitrogens with zero attached hydrogens (tertiary/aromatic N) is 6. The molecule has 0 aliphatic carbocycles. The summed E-state index contributed by atoms with van der Waals surface area (Å²) in [6, 6.07) is 7.09. The number of pyridine rings is 1. The smallest absolute Gasteiger partial charge is 0.333 e. The molecule has 3 aromatic rings. The van der Waals surface area contributed by atoms with Crippen molar-refractivity contribution in [3.8, 4) is 5.75 Å². The van der Waals surface area contributed by atoms with E-state index in [-0.39, 0.29) is 30.2 Å². The summed E-state index contributed by atoms with van der Waals surface area (Å²) in [7, 11) is 0. The van der Waals surface area contributed by atoms with Gasteiger partial charge in [0.2, 0.25) is 5.54 Å². The molecule has 2 saturated heterocycles. The van der Waals surface area contributed by atoms with Crippen LogP contribution in [0.1, 0.15) is 77.1 Å². The molecule has 0 bridgehead atoms. The predicted octanol–water partition coefficient (Wildman–Crippen LogP) is 4.72. The molecule has 0 unspecified atom stereocenters.